The third kappa shape index (κ3) is 1.66. The number of hydrogen-bond acceptors (Lipinski definition) is 3. The van der Waals surface area contributed by atoms with E-state index >= 15 is 0 Å². The van der Waals surface area contributed by atoms with E-state index in [1.54, 1.807) is 0 Å². The highest BCUT2D eigenvalue weighted by atomic mass is 32.2. The highest BCUT2D eigenvalue weighted by Crippen LogP contribution is 2.34. The van der Waals surface area contributed by atoms with Gasteiger partial charge in [-0.25, -0.2) is 18.7 Å². The van der Waals surface area contributed by atoms with Crippen molar-refractivity contribution in [2.75, 3.05) is 5.75 Å². The molecule has 3 rings (SSSR count). The molecular formula is C10H7F2N3OS. The van der Waals surface area contributed by atoms with Crippen molar-refractivity contribution in [1.82, 2.24) is 14.8 Å². The maximum absolute atomic E-state index is 13.1. The number of nitrogens with zero attached hydrogens (tertiary/aromatic N) is 2. The van der Waals surface area contributed by atoms with Gasteiger partial charge >= 0.3 is 5.69 Å². The SMILES string of the molecule is O=c1[nH]nc2n1C(c1cc(F)cc(F)c1)CS2. The van der Waals surface area contributed by atoms with Gasteiger partial charge in [-0.05, 0) is 17.7 Å². The van der Waals surface area contributed by atoms with Crippen LogP contribution >= 0.6 is 11.8 Å². The Morgan fingerprint density at radius 3 is 2.76 bits per heavy atom. The Hall–Kier alpha value is -1.63. The molecule has 0 fully saturated rings. The van der Waals surface area contributed by atoms with Gasteiger partial charge in [-0.15, -0.1) is 5.10 Å². The van der Waals surface area contributed by atoms with Gasteiger partial charge in [-0.1, -0.05) is 11.8 Å². The standard InChI is InChI=1S/C10H7F2N3OS/c11-6-1-5(2-7(12)3-6)8-4-17-10-14-13-9(16)15(8)10/h1-3,8H,4H2,(H,13,16). The predicted molar refractivity (Wildman–Crippen MR) is 58.1 cm³/mol. The van der Waals surface area contributed by atoms with Crippen LogP contribution in [0.1, 0.15) is 11.6 Å². The Balaban J connectivity index is 2.12. The molecule has 2 heterocycles. The first kappa shape index (κ1) is 10.5. The number of benzene rings is 1. The summed E-state index contributed by atoms with van der Waals surface area (Å²) in [4.78, 5) is 11.5. The molecule has 1 aliphatic rings. The first-order valence-corrected chi connectivity index (χ1v) is 5.89. The van der Waals surface area contributed by atoms with Crippen molar-refractivity contribution in [3.63, 3.8) is 0 Å². The summed E-state index contributed by atoms with van der Waals surface area (Å²) < 4.78 is 27.7. The van der Waals surface area contributed by atoms with Crippen molar-refractivity contribution in [3.8, 4) is 0 Å². The lowest BCUT2D eigenvalue weighted by molar-refractivity contribution is 0.556. The van der Waals surface area contributed by atoms with E-state index in [9.17, 15) is 13.6 Å². The Kier molecular flexibility index (Phi) is 2.29. The lowest BCUT2D eigenvalue weighted by Gasteiger charge is -2.11. The first-order valence-electron chi connectivity index (χ1n) is 4.91. The molecule has 7 heteroatoms. The molecule has 2 aromatic rings. The van der Waals surface area contributed by atoms with E-state index < -0.39 is 11.6 Å². The van der Waals surface area contributed by atoms with Gasteiger partial charge in [0, 0.05) is 11.8 Å². The summed E-state index contributed by atoms with van der Waals surface area (Å²) >= 11 is 1.38. The minimum Gasteiger partial charge on any atom is -0.262 e. The number of halogens is 2. The van der Waals surface area contributed by atoms with Crippen molar-refractivity contribution in [2.24, 2.45) is 0 Å². The minimum atomic E-state index is -0.644. The molecule has 1 aliphatic heterocycles. The van der Waals surface area contributed by atoms with Crippen LogP contribution < -0.4 is 5.69 Å². The lowest BCUT2D eigenvalue weighted by atomic mass is 10.1. The molecular weight excluding hydrogens is 248 g/mol. The van der Waals surface area contributed by atoms with E-state index in [1.807, 2.05) is 0 Å². The maximum atomic E-state index is 13.1. The van der Waals surface area contributed by atoms with E-state index in [2.05, 4.69) is 10.2 Å². The molecule has 0 aliphatic carbocycles. The number of aromatic amines is 1. The topological polar surface area (TPSA) is 50.7 Å². The van der Waals surface area contributed by atoms with Crippen LogP contribution in [0.4, 0.5) is 8.78 Å². The van der Waals surface area contributed by atoms with E-state index in [-0.39, 0.29) is 11.7 Å². The molecule has 1 N–H and O–H groups in total. The molecule has 17 heavy (non-hydrogen) atoms. The molecule has 1 aromatic heterocycles. The zero-order valence-corrected chi connectivity index (χ0v) is 9.30. The third-order valence-corrected chi connectivity index (χ3v) is 3.65. The molecule has 4 nitrogen and oxygen atoms in total. The summed E-state index contributed by atoms with van der Waals surface area (Å²) in [5, 5.41) is 6.68. The molecule has 0 saturated carbocycles. The molecule has 1 unspecified atom stereocenters. The average molecular weight is 255 g/mol. The van der Waals surface area contributed by atoms with Crippen molar-refractivity contribution in [1.29, 1.82) is 0 Å². The van der Waals surface area contributed by atoms with Crippen LogP contribution in [-0.4, -0.2) is 20.5 Å². The smallest absolute Gasteiger partial charge is 0.262 e. The number of aromatic nitrogens is 3. The largest absolute Gasteiger partial charge is 0.344 e. The summed E-state index contributed by atoms with van der Waals surface area (Å²) in [5.41, 5.74) is 0.0805. The maximum Gasteiger partial charge on any atom is 0.344 e. The zero-order valence-electron chi connectivity index (χ0n) is 8.48. The molecule has 0 radical (unpaired) electrons. The lowest BCUT2D eigenvalue weighted by Crippen LogP contribution is -2.22. The Labute approximate surface area is 98.7 Å². The van der Waals surface area contributed by atoms with Gasteiger partial charge in [0.15, 0.2) is 5.16 Å². The molecule has 88 valence electrons. The Morgan fingerprint density at radius 2 is 2.06 bits per heavy atom. The van der Waals surface area contributed by atoms with Gasteiger partial charge in [-0.2, -0.15) is 0 Å². The van der Waals surface area contributed by atoms with E-state index in [0.29, 0.717) is 16.5 Å². The Morgan fingerprint density at radius 1 is 1.35 bits per heavy atom. The molecule has 0 bridgehead atoms. The highest BCUT2D eigenvalue weighted by molar-refractivity contribution is 7.99. The van der Waals surface area contributed by atoms with Gasteiger partial charge in [0.1, 0.15) is 11.6 Å². The van der Waals surface area contributed by atoms with Gasteiger partial charge in [-0.3, -0.25) is 4.57 Å². The summed E-state index contributed by atoms with van der Waals surface area (Å²) in [6.45, 7) is 0. The quantitative estimate of drug-likeness (QED) is 0.841. The number of nitrogens with one attached hydrogen (secondary N) is 1. The van der Waals surface area contributed by atoms with Crippen molar-refractivity contribution in [2.45, 2.75) is 11.2 Å². The van der Waals surface area contributed by atoms with Gasteiger partial charge in [0.25, 0.3) is 0 Å². The number of rotatable bonds is 1. The fourth-order valence-electron chi connectivity index (χ4n) is 1.91. The summed E-state index contributed by atoms with van der Waals surface area (Å²) in [7, 11) is 0. The fraction of sp³-hybridized carbons (Fsp3) is 0.200. The third-order valence-electron chi connectivity index (χ3n) is 2.62. The van der Waals surface area contributed by atoms with Gasteiger partial charge in [0.05, 0.1) is 6.04 Å². The summed E-state index contributed by atoms with van der Waals surface area (Å²) in [6, 6.07) is 2.92. The molecule has 1 aromatic carbocycles. The van der Waals surface area contributed by atoms with Crippen molar-refractivity contribution >= 4 is 11.8 Å². The average Bonchev–Trinajstić information content (AvgIpc) is 2.80. The van der Waals surface area contributed by atoms with Crippen LogP contribution in [0.3, 0.4) is 0 Å². The monoisotopic (exact) mass is 255 g/mol. The first-order chi connectivity index (χ1) is 8.15. The zero-order chi connectivity index (χ0) is 12.0. The number of fused-ring (bicyclic) bond motifs is 1. The summed E-state index contributed by atoms with van der Waals surface area (Å²) in [6.07, 6.45) is 0. The molecule has 0 amide bonds. The van der Waals surface area contributed by atoms with Crippen LogP contribution in [0.2, 0.25) is 0 Å². The Bertz CT molecular complexity index is 616. The molecule has 1 atom stereocenters. The number of H-pyrrole nitrogens is 1. The van der Waals surface area contributed by atoms with Crippen LogP contribution in [0.5, 0.6) is 0 Å². The number of hydrogen-bond donors (Lipinski definition) is 1. The predicted octanol–water partition coefficient (Wildman–Crippen LogP) is 1.54. The second kappa shape index (κ2) is 3.69. The second-order valence-corrected chi connectivity index (χ2v) is 4.70. The normalized spacial score (nSPS) is 18.4. The number of thioether (sulfide) groups is 1. The van der Waals surface area contributed by atoms with Crippen LogP contribution in [0, 0.1) is 11.6 Å². The van der Waals surface area contributed by atoms with Gasteiger partial charge < -0.3 is 0 Å². The van der Waals surface area contributed by atoms with E-state index in [1.165, 1.54) is 28.5 Å². The fourth-order valence-corrected chi connectivity index (χ4v) is 3.02. The summed E-state index contributed by atoms with van der Waals surface area (Å²) in [5.74, 6) is -0.736. The van der Waals surface area contributed by atoms with E-state index in [4.69, 9.17) is 0 Å². The van der Waals surface area contributed by atoms with E-state index in [0.717, 1.165) is 6.07 Å². The highest BCUT2D eigenvalue weighted by Gasteiger charge is 2.28. The van der Waals surface area contributed by atoms with Crippen molar-refractivity contribution < 1.29 is 8.78 Å². The molecule has 0 spiro atoms. The van der Waals surface area contributed by atoms with Gasteiger partial charge in [0.2, 0.25) is 0 Å². The second-order valence-electron chi connectivity index (χ2n) is 3.71. The van der Waals surface area contributed by atoms with Crippen LogP contribution in [0.25, 0.3) is 0 Å². The van der Waals surface area contributed by atoms with Crippen molar-refractivity contribution in [3.05, 3.63) is 45.9 Å². The van der Waals surface area contributed by atoms with Crippen LogP contribution in [-0.2, 0) is 0 Å². The molecule has 0 saturated heterocycles. The van der Waals surface area contributed by atoms with Crippen LogP contribution in [0.15, 0.2) is 28.2 Å². The minimum absolute atomic E-state index is 0.361.